The number of ether oxygens (including phenoxy) is 2. The number of nitrogens with one attached hydrogen (secondary N) is 1. The van der Waals surface area contributed by atoms with Gasteiger partial charge in [-0.2, -0.15) is 0 Å². The van der Waals surface area contributed by atoms with E-state index in [1.165, 1.54) is 0 Å². The van der Waals surface area contributed by atoms with Crippen LogP contribution in [-0.2, 0) is 11.3 Å². The molecule has 2 rings (SSSR count). The van der Waals surface area contributed by atoms with Crippen molar-refractivity contribution >= 4 is 29.9 Å². The Morgan fingerprint density at radius 3 is 2.96 bits per heavy atom. The topological polar surface area (TPSA) is 46.1 Å². The molecule has 5 nitrogen and oxygen atoms in total. The van der Waals surface area contributed by atoms with Crippen LogP contribution in [0.3, 0.4) is 0 Å². The molecule has 1 saturated heterocycles. The molecule has 6 heteroatoms. The number of likely N-dealkylation sites (tertiary alicyclic amines) is 1. The Bertz CT molecular complexity index is 551. The molecule has 1 aliphatic rings. The highest BCUT2D eigenvalue weighted by Gasteiger charge is 2.24. The smallest absolute Gasteiger partial charge is 0.193 e. The summed E-state index contributed by atoms with van der Waals surface area (Å²) in [4.78, 5) is 6.73. The standard InChI is InChI=1S/C19H29N3O2.HI/c1-4-12-24-18-9-7-6-8-17(18)13-21-19(20-3)22-11-10-16(14-22)15-23-5-2;/h4,6-9,16H,1,5,10-15H2,2-3H3,(H,20,21);1H. The molecule has 1 N–H and O–H groups in total. The molecular weight excluding hydrogens is 429 g/mol. The first-order valence-corrected chi connectivity index (χ1v) is 8.63. The van der Waals surface area contributed by atoms with Crippen LogP contribution in [0.2, 0.25) is 0 Å². The van der Waals surface area contributed by atoms with Crippen LogP contribution in [0, 0.1) is 5.92 Å². The lowest BCUT2D eigenvalue weighted by molar-refractivity contribution is 0.114. The van der Waals surface area contributed by atoms with E-state index >= 15 is 0 Å². The zero-order valence-corrected chi connectivity index (χ0v) is 17.6. The second kappa shape index (κ2) is 12.1. The van der Waals surface area contributed by atoms with E-state index in [1.54, 1.807) is 6.08 Å². The molecule has 1 aromatic carbocycles. The quantitative estimate of drug-likeness (QED) is 0.281. The Labute approximate surface area is 168 Å². The minimum Gasteiger partial charge on any atom is -0.489 e. The third kappa shape index (κ3) is 6.86. The number of guanidine groups is 1. The molecule has 0 radical (unpaired) electrons. The molecule has 0 bridgehead atoms. The molecule has 0 aromatic heterocycles. The normalized spacial score (nSPS) is 17.1. The number of aliphatic imine (C=N–C) groups is 1. The van der Waals surface area contributed by atoms with Crippen molar-refractivity contribution in [2.24, 2.45) is 10.9 Å². The van der Waals surface area contributed by atoms with Crippen molar-refractivity contribution in [2.75, 3.05) is 40.0 Å². The molecule has 1 heterocycles. The predicted molar refractivity (Wildman–Crippen MR) is 114 cm³/mol. The van der Waals surface area contributed by atoms with Crippen molar-refractivity contribution in [3.05, 3.63) is 42.5 Å². The summed E-state index contributed by atoms with van der Waals surface area (Å²) in [5.74, 6) is 2.41. The third-order valence-corrected chi connectivity index (χ3v) is 4.12. The summed E-state index contributed by atoms with van der Waals surface area (Å²) in [6.07, 6.45) is 2.91. The van der Waals surface area contributed by atoms with Crippen LogP contribution in [0.1, 0.15) is 18.9 Å². The van der Waals surface area contributed by atoms with Gasteiger partial charge in [0.1, 0.15) is 12.4 Å². The Hall–Kier alpha value is -1.28. The monoisotopic (exact) mass is 459 g/mol. The molecular formula is C19H30IN3O2. The van der Waals surface area contributed by atoms with Gasteiger partial charge in [-0.1, -0.05) is 30.9 Å². The fourth-order valence-corrected chi connectivity index (χ4v) is 2.89. The highest BCUT2D eigenvalue weighted by molar-refractivity contribution is 14.0. The first kappa shape index (κ1) is 21.8. The zero-order chi connectivity index (χ0) is 17.2. The number of hydrogen-bond donors (Lipinski definition) is 1. The van der Waals surface area contributed by atoms with Crippen LogP contribution in [0.25, 0.3) is 0 Å². The van der Waals surface area contributed by atoms with Crippen molar-refractivity contribution in [2.45, 2.75) is 19.9 Å². The van der Waals surface area contributed by atoms with Crippen LogP contribution in [0.4, 0.5) is 0 Å². The van der Waals surface area contributed by atoms with Gasteiger partial charge in [0, 0.05) is 44.8 Å². The van der Waals surface area contributed by atoms with E-state index in [9.17, 15) is 0 Å². The Balaban J connectivity index is 0.00000312. The van der Waals surface area contributed by atoms with Gasteiger partial charge in [-0.3, -0.25) is 4.99 Å². The summed E-state index contributed by atoms with van der Waals surface area (Å²) in [6, 6.07) is 8.06. The van der Waals surface area contributed by atoms with E-state index in [-0.39, 0.29) is 24.0 Å². The average molecular weight is 459 g/mol. The maximum absolute atomic E-state index is 5.71. The minimum atomic E-state index is 0. The summed E-state index contributed by atoms with van der Waals surface area (Å²) in [6.45, 7) is 10.6. The summed E-state index contributed by atoms with van der Waals surface area (Å²) < 4.78 is 11.3. The first-order valence-electron chi connectivity index (χ1n) is 8.63. The van der Waals surface area contributed by atoms with E-state index in [4.69, 9.17) is 9.47 Å². The fourth-order valence-electron chi connectivity index (χ4n) is 2.89. The van der Waals surface area contributed by atoms with Crippen LogP contribution in [-0.4, -0.2) is 50.8 Å². The molecule has 1 atom stereocenters. The number of hydrogen-bond acceptors (Lipinski definition) is 3. The number of para-hydroxylation sites is 1. The van der Waals surface area contributed by atoms with Gasteiger partial charge < -0.3 is 19.7 Å². The summed E-state index contributed by atoms with van der Waals surface area (Å²) >= 11 is 0. The Morgan fingerprint density at radius 2 is 2.24 bits per heavy atom. The van der Waals surface area contributed by atoms with E-state index in [0.29, 0.717) is 19.1 Å². The van der Waals surface area contributed by atoms with Crippen molar-refractivity contribution in [1.29, 1.82) is 0 Å². The van der Waals surface area contributed by atoms with Crippen molar-refractivity contribution in [1.82, 2.24) is 10.2 Å². The highest BCUT2D eigenvalue weighted by atomic mass is 127. The maximum Gasteiger partial charge on any atom is 0.193 e. The number of rotatable bonds is 8. The second-order valence-electron chi connectivity index (χ2n) is 5.87. The van der Waals surface area contributed by atoms with E-state index in [2.05, 4.69) is 27.9 Å². The largest absolute Gasteiger partial charge is 0.489 e. The average Bonchev–Trinajstić information content (AvgIpc) is 3.08. The van der Waals surface area contributed by atoms with Gasteiger partial charge in [-0.15, -0.1) is 24.0 Å². The van der Waals surface area contributed by atoms with Gasteiger partial charge in [0.25, 0.3) is 0 Å². The van der Waals surface area contributed by atoms with Gasteiger partial charge >= 0.3 is 0 Å². The molecule has 25 heavy (non-hydrogen) atoms. The van der Waals surface area contributed by atoms with E-state index in [0.717, 1.165) is 50.0 Å². The van der Waals surface area contributed by atoms with Crippen molar-refractivity contribution in [3.63, 3.8) is 0 Å². The van der Waals surface area contributed by atoms with Crippen LogP contribution >= 0.6 is 24.0 Å². The van der Waals surface area contributed by atoms with Crippen molar-refractivity contribution < 1.29 is 9.47 Å². The van der Waals surface area contributed by atoms with Gasteiger partial charge in [0.2, 0.25) is 0 Å². The fraction of sp³-hybridized carbons (Fsp3) is 0.526. The lowest BCUT2D eigenvalue weighted by Crippen LogP contribution is -2.39. The molecule has 0 aliphatic carbocycles. The molecule has 1 fully saturated rings. The molecule has 140 valence electrons. The third-order valence-electron chi connectivity index (χ3n) is 4.12. The summed E-state index contributed by atoms with van der Waals surface area (Å²) in [5.41, 5.74) is 1.12. The molecule has 0 amide bonds. The van der Waals surface area contributed by atoms with Gasteiger partial charge in [-0.05, 0) is 19.4 Å². The van der Waals surface area contributed by atoms with Crippen molar-refractivity contribution in [3.8, 4) is 5.75 Å². The van der Waals surface area contributed by atoms with E-state index in [1.807, 2.05) is 32.2 Å². The van der Waals surface area contributed by atoms with Crippen LogP contribution in [0.5, 0.6) is 5.75 Å². The van der Waals surface area contributed by atoms with Gasteiger partial charge in [-0.25, -0.2) is 0 Å². The minimum absolute atomic E-state index is 0. The summed E-state index contributed by atoms with van der Waals surface area (Å²) in [5, 5.41) is 3.45. The molecule has 0 saturated carbocycles. The number of benzene rings is 1. The lowest BCUT2D eigenvalue weighted by atomic mass is 10.1. The van der Waals surface area contributed by atoms with Gasteiger partial charge in [0.05, 0.1) is 6.61 Å². The highest BCUT2D eigenvalue weighted by Crippen LogP contribution is 2.19. The Kier molecular flexibility index (Phi) is 10.6. The summed E-state index contributed by atoms with van der Waals surface area (Å²) in [7, 11) is 1.83. The predicted octanol–water partition coefficient (Wildman–Crippen LogP) is 3.30. The lowest BCUT2D eigenvalue weighted by Gasteiger charge is -2.22. The maximum atomic E-state index is 5.71. The molecule has 1 unspecified atom stereocenters. The van der Waals surface area contributed by atoms with Crippen LogP contribution < -0.4 is 10.1 Å². The Morgan fingerprint density at radius 1 is 1.44 bits per heavy atom. The number of nitrogens with zero attached hydrogens (tertiary/aromatic N) is 2. The molecule has 0 spiro atoms. The second-order valence-corrected chi connectivity index (χ2v) is 5.87. The van der Waals surface area contributed by atoms with E-state index < -0.39 is 0 Å². The SMILES string of the molecule is C=CCOc1ccccc1CNC(=NC)N1CCC(COCC)C1.I. The van der Waals surface area contributed by atoms with Crippen LogP contribution in [0.15, 0.2) is 41.9 Å². The van der Waals surface area contributed by atoms with Gasteiger partial charge in [0.15, 0.2) is 5.96 Å². The zero-order valence-electron chi connectivity index (χ0n) is 15.2. The number of halogens is 1. The molecule has 1 aromatic rings. The first-order chi connectivity index (χ1) is 11.8. The molecule has 1 aliphatic heterocycles.